The number of oxime groups is 1. The smallest absolute Gasteiger partial charge is 0.140 e. The van der Waals surface area contributed by atoms with Crippen molar-refractivity contribution >= 4 is 5.84 Å². The molecule has 0 bridgehead atoms. The zero-order valence-corrected chi connectivity index (χ0v) is 8.40. The van der Waals surface area contributed by atoms with Crippen LogP contribution < -0.4 is 5.73 Å². The largest absolute Gasteiger partial charge is 0.409 e. The lowest BCUT2D eigenvalue weighted by Gasteiger charge is -2.25. The molecule has 0 aromatic heterocycles. The summed E-state index contributed by atoms with van der Waals surface area (Å²) in [5.74, 6) is 0.325. The maximum atomic E-state index is 8.38. The minimum atomic E-state index is 0.325. The first-order chi connectivity index (χ1) is 6.15. The summed E-state index contributed by atoms with van der Waals surface area (Å²) < 4.78 is 0. The molecule has 13 heavy (non-hydrogen) atoms. The van der Waals surface area contributed by atoms with Gasteiger partial charge >= 0.3 is 0 Å². The third-order valence-corrected chi connectivity index (χ3v) is 2.43. The van der Waals surface area contributed by atoms with Crippen LogP contribution in [0.3, 0.4) is 0 Å². The molecule has 0 saturated heterocycles. The van der Waals surface area contributed by atoms with Crippen LogP contribution in [0.5, 0.6) is 0 Å². The zero-order chi connectivity index (χ0) is 9.84. The quantitative estimate of drug-likeness (QED) is 0.291. The minimum absolute atomic E-state index is 0.325. The van der Waals surface area contributed by atoms with E-state index in [9.17, 15) is 0 Å². The molecule has 0 atom stereocenters. The van der Waals surface area contributed by atoms with E-state index in [0.29, 0.717) is 18.3 Å². The van der Waals surface area contributed by atoms with Crippen molar-refractivity contribution in [1.29, 1.82) is 0 Å². The fourth-order valence-corrected chi connectivity index (χ4v) is 1.56. The average molecular weight is 185 g/mol. The first kappa shape index (κ1) is 10.3. The van der Waals surface area contributed by atoms with E-state index in [1.165, 1.54) is 12.8 Å². The molecule has 4 heteroatoms. The van der Waals surface area contributed by atoms with E-state index in [4.69, 9.17) is 10.9 Å². The maximum Gasteiger partial charge on any atom is 0.140 e. The van der Waals surface area contributed by atoms with E-state index < -0.39 is 0 Å². The summed E-state index contributed by atoms with van der Waals surface area (Å²) in [6, 6.07) is 1.30. The molecule has 3 N–H and O–H groups in total. The van der Waals surface area contributed by atoms with E-state index in [1.807, 2.05) is 0 Å². The van der Waals surface area contributed by atoms with Crippen LogP contribution in [0.25, 0.3) is 0 Å². The molecule has 1 aliphatic rings. The highest BCUT2D eigenvalue weighted by Gasteiger charge is 2.30. The fraction of sp³-hybridized carbons (Fsp3) is 0.889. The van der Waals surface area contributed by atoms with Gasteiger partial charge in [-0.25, -0.2) is 0 Å². The molecule has 4 nitrogen and oxygen atoms in total. The van der Waals surface area contributed by atoms with Crippen molar-refractivity contribution in [2.24, 2.45) is 10.9 Å². The van der Waals surface area contributed by atoms with Crippen molar-refractivity contribution in [3.05, 3.63) is 0 Å². The molecule has 0 aromatic rings. The van der Waals surface area contributed by atoms with E-state index in [2.05, 4.69) is 23.9 Å². The van der Waals surface area contributed by atoms with Crippen molar-refractivity contribution in [2.75, 3.05) is 6.54 Å². The second-order valence-electron chi connectivity index (χ2n) is 3.90. The summed E-state index contributed by atoms with van der Waals surface area (Å²) in [5, 5.41) is 11.4. The molecule has 0 heterocycles. The Labute approximate surface area is 79.4 Å². The second-order valence-corrected chi connectivity index (χ2v) is 3.90. The normalized spacial score (nSPS) is 18.6. The molecule has 76 valence electrons. The van der Waals surface area contributed by atoms with Crippen LogP contribution in [0.2, 0.25) is 0 Å². The Morgan fingerprint density at radius 1 is 1.62 bits per heavy atom. The molecule has 0 radical (unpaired) electrons. The molecule has 0 aromatic carbocycles. The lowest BCUT2D eigenvalue weighted by Crippen LogP contribution is -2.35. The van der Waals surface area contributed by atoms with Gasteiger partial charge < -0.3 is 10.9 Å². The predicted octanol–water partition coefficient (Wildman–Crippen LogP) is 0.996. The summed E-state index contributed by atoms with van der Waals surface area (Å²) in [7, 11) is 0. The van der Waals surface area contributed by atoms with Gasteiger partial charge in [-0.15, -0.1) is 0 Å². The average Bonchev–Trinajstić information content (AvgIpc) is 2.87. The number of nitrogens with two attached hydrogens (primary N) is 1. The first-order valence-electron chi connectivity index (χ1n) is 4.87. The van der Waals surface area contributed by atoms with Gasteiger partial charge in [0, 0.05) is 25.0 Å². The highest BCUT2D eigenvalue weighted by Crippen LogP contribution is 2.28. The molecule has 0 amide bonds. The SMILES string of the molecule is CC(C)N(CCC(N)=NO)C1CC1. The number of hydrogen-bond acceptors (Lipinski definition) is 3. The van der Waals surface area contributed by atoms with Gasteiger partial charge in [0.25, 0.3) is 0 Å². The van der Waals surface area contributed by atoms with Crippen molar-refractivity contribution < 1.29 is 5.21 Å². The maximum absolute atomic E-state index is 8.38. The Kier molecular flexibility index (Phi) is 3.54. The summed E-state index contributed by atoms with van der Waals surface area (Å²) in [4.78, 5) is 2.41. The van der Waals surface area contributed by atoms with Crippen LogP contribution in [0.1, 0.15) is 33.1 Å². The Bertz CT molecular complexity index is 185. The summed E-state index contributed by atoms with van der Waals surface area (Å²) in [5.41, 5.74) is 5.42. The Morgan fingerprint density at radius 3 is 2.62 bits per heavy atom. The lowest BCUT2D eigenvalue weighted by molar-refractivity contribution is 0.216. The molecule has 1 rings (SSSR count). The van der Waals surface area contributed by atoms with Gasteiger partial charge in [0.2, 0.25) is 0 Å². The van der Waals surface area contributed by atoms with Gasteiger partial charge in [0.05, 0.1) is 0 Å². The topological polar surface area (TPSA) is 61.8 Å². The van der Waals surface area contributed by atoms with Gasteiger partial charge in [0.15, 0.2) is 0 Å². The zero-order valence-electron chi connectivity index (χ0n) is 8.40. The van der Waals surface area contributed by atoms with Gasteiger partial charge in [-0.3, -0.25) is 4.90 Å². The standard InChI is InChI=1S/C9H19N3O/c1-7(2)12(8-3-4-8)6-5-9(10)11-13/h7-8,13H,3-6H2,1-2H3,(H2,10,11). The Morgan fingerprint density at radius 2 is 2.23 bits per heavy atom. The number of rotatable bonds is 5. The molecule has 0 aliphatic heterocycles. The fourth-order valence-electron chi connectivity index (χ4n) is 1.56. The van der Waals surface area contributed by atoms with Gasteiger partial charge in [0.1, 0.15) is 5.84 Å². The minimum Gasteiger partial charge on any atom is -0.409 e. The first-order valence-corrected chi connectivity index (χ1v) is 4.87. The molecular formula is C9H19N3O. The van der Waals surface area contributed by atoms with E-state index in [1.54, 1.807) is 0 Å². The van der Waals surface area contributed by atoms with E-state index in [0.717, 1.165) is 12.6 Å². The Balaban J connectivity index is 2.30. The number of amidine groups is 1. The van der Waals surface area contributed by atoms with Gasteiger partial charge in [-0.05, 0) is 26.7 Å². The van der Waals surface area contributed by atoms with Crippen LogP contribution in [-0.2, 0) is 0 Å². The third-order valence-electron chi connectivity index (χ3n) is 2.43. The summed E-state index contributed by atoms with van der Waals surface area (Å²) in [6.45, 7) is 5.27. The molecule has 1 saturated carbocycles. The molecule has 1 fully saturated rings. The van der Waals surface area contributed by atoms with Crippen molar-refractivity contribution in [3.8, 4) is 0 Å². The molecule has 0 spiro atoms. The van der Waals surface area contributed by atoms with Crippen LogP contribution in [0, 0.1) is 0 Å². The summed E-state index contributed by atoms with van der Waals surface area (Å²) in [6.07, 6.45) is 3.26. The second kappa shape index (κ2) is 4.46. The van der Waals surface area contributed by atoms with Crippen LogP contribution in [0.4, 0.5) is 0 Å². The molecule has 1 aliphatic carbocycles. The van der Waals surface area contributed by atoms with Crippen molar-refractivity contribution in [3.63, 3.8) is 0 Å². The van der Waals surface area contributed by atoms with Crippen LogP contribution in [0.15, 0.2) is 5.16 Å². The van der Waals surface area contributed by atoms with Crippen LogP contribution >= 0.6 is 0 Å². The number of nitrogens with zero attached hydrogens (tertiary/aromatic N) is 2. The Hall–Kier alpha value is -0.770. The third kappa shape index (κ3) is 3.22. The van der Waals surface area contributed by atoms with Crippen molar-refractivity contribution in [1.82, 2.24) is 4.90 Å². The summed E-state index contributed by atoms with van der Waals surface area (Å²) >= 11 is 0. The predicted molar refractivity (Wildman–Crippen MR) is 52.9 cm³/mol. The molecule has 0 unspecified atom stereocenters. The highest BCUT2D eigenvalue weighted by atomic mass is 16.4. The van der Waals surface area contributed by atoms with E-state index >= 15 is 0 Å². The lowest BCUT2D eigenvalue weighted by atomic mass is 10.2. The number of hydrogen-bond donors (Lipinski definition) is 2. The van der Waals surface area contributed by atoms with Gasteiger partial charge in [-0.2, -0.15) is 0 Å². The van der Waals surface area contributed by atoms with Crippen molar-refractivity contribution in [2.45, 2.75) is 45.2 Å². The van der Waals surface area contributed by atoms with E-state index in [-0.39, 0.29) is 0 Å². The van der Waals surface area contributed by atoms with Crippen LogP contribution in [-0.4, -0.2) is 34.6 Å². The highest BCUT2D eigenvalue weighted by molar-refractivity contribution is 5.79. The monoisotopic (exact) mass is 185 g/mol. The molecular weight excluding hydrogens is 166 g/mol. The van der Waals surface area contributed by atoms with Gasteiger partial charge in [-0.1, -0.05) is 5.16 Å².